The molecule has 7 heteroatoms. The Balaban J connectivity index is 2.73. The third kappa shape index (κ3) is 5.19. The molecule has 0 aliphatic heterocycles. The van der Waals surface area contributed by atoms with E-state index >= 15 is 0 Å². The average Bonchev–Trinajstić information content (AvgIpc) is 2.85. The molecular formula is C12H22N2O3S2. The standard InChI is InChI=1S/C12H22N2O3S2/c1-4-10(9-17-3)14-19(15,16)12-7-6-11(18-12)8-13-5-2/h6-7,10,13-14H,4-5,8-9H2,1-3H3. The van der Waals surface area contributed by atoms with Crippen molar-refractivity contribution < 1.29 is 13.2 Å². The van der Waals surface area contributed by atoms with Crippen LogP contribution in [0.5, 0.6) is 0 Å². The SMILES string of the molecule is CCNCc1ccc(S(=O)(=O)NC(CC)COC)s1. The smallest absolute Gasteiger partial charge is 0.250 e. The largest absolute Gasteiger partial charge is 0.383 e. The first-order chi connectivity index (χ1) is 9.03. The van der Waals surface area contributed by atoms with Crippen LogP contribution in [-0.2, 0) is 21.3 Å². The quantitative estimate of drug-likeness (QED) is 0.726. The number of hydrogen-bond acceptors (Lipinski definition) is 5. The third-order valence-electron chi connectivity index (χ3n) is 2.63. The van der Waals surface area contributed by atoms with Gasteiger partial charge in [-0.15, -0.1) is 11.3 Å². The average molecular weight is 306 g/mol. The number of rotatable bonds is 9. The van der Waals surface area contributed by atoms with Crippen LogP contribution >= 0.6 is 11.3 Å². The maximum Gasteiger partial charge on any atom is 0.250 e. The molecule has 0 aromatic carbocycles. The lowest BCUT2D eigenvalue weighted by molar-refractivity contribution is 0.173. The molecule has 110 valence electrons. The maximum atomic E-state index is 12.2. The summed E-state index contributed by atoms with van der Waals surface area (Å²) >= 11 is 1.30. The summed E-state index contributed by atoms with van der Waals surface area (Å²) in [5.41, 5.74) is 0. The molecule has 1 unspecified atom stereocenters. The molecule has 0 aliphatic carbocycles. The molecule has 19 heavy (non-hydrogen) atoms. The monoisotopic (exact) mass is 306 g/mol. The first-order valence-corrected chi connectivity index (χ1v) is 8.64. The van der Waals surface area contributed by atoms with Crippen molar-refractivity contribution >= 4 is 21.4 Å². The number of ether oxygens (including phenoxy) is 1. The summed E-state index contributed by atoms with van der Waals surface area (Å²) < 4.78 is 32.4. The van der Waals surface area contributed by atoms with Crippen molar-refractivity contribution in [2.45, 2.75) is 37.1 Å². The Labute approximate surface area is 119 Å². The number of methoxy groups -OCH3 is 1. The second kappa shape index (κ2) is 7.96. The molecule has 0 saturated carbocycles. The van der Waals surface area contributed by atoms with Crippen LogP contribution < -0.4 is 10.0 Å². The van der Waals surface area contributed by atoms with E-state index in [0.29, 0.717) is 23.8 Å². The van der Waals surface area contributed by atoms with Gasteiger partial charge in [-0.3, -0.25) is 0 Å². The van der Waals surface area contributed by atoms with Crippen LogP contribution in [0.4, 0.5) is 0 Å². The van der Waals surface area contributed by atoms with Crippen molar-refractivity contribution in [3.05, 3.63) is 17.0 Å². The van der Waals surface area contributed by atoms with Gasteiger partial charge in [0.15, 0.2) is 0 Å². The fraction of sp³-hybridized carbons (Fsp3) is 0.667. The van der Waals surface area contributed by atoms with Gasteiger partial charge in [-0.1, -0.05) is 13.8 Å². The van der Waals surface area contributed by atoms with Crippen LogP contribution in [0.25, 0.3) is 0 Å². The maximum absolute atomic E-state index is 12.2. The Bertz CT molecular complexity index is 471. The van der Waals surface area contributed by atoms with Gasteiger partial charge in [-0.2, -0.15) is 0 Å². The van der Waals surface area contributed by atoms with E-state index in [9.17, 15) is 8.42 Å². The summed E-state index contributed by atoms with van der Waals surface area (Å²) in [5.74, 6) is 0. The van der Waals surface area contributed by atoms with Crippen molar-refractivity contribution in [2.24, 2.45) is 0 Å². The summed E-state index contributed by atoms with van der Waals surface area (Å²) in [5, 5.41) is 3.18. The van der Waals surface area contributed by atoms with Crippen LogP contribution in [-0.4, -0.2) is 34.7 Å². The molecule has 2 N–H and O–H groups in total. The van der Waals surface area contributed by atoms with E-state index < -0.39 is 10.0 Å². The van der Waals surface area contributed by atoms with Crippen molar-refractivity contribution in [3.63, 3.8) is 0 Å². The van der Waals surface area contributed by atoms with Crippen LogP contribution in [0.15, 0.2) is 16.3 Å². The van der Waals surface area contributed by atoms with Gasteiger partial charge in [-0.25, -0.2) is 13.1 Å². The first kappa shape index (κ1) is 16.6. The van der Waals surface area contributed by atoms with Crippen LogP contribution in [0.2, 0.25) is 0 Å². The molecule has 5 nitrogen and oxygen atoms in total. The van der Waals surface area contributed by atoms with Gasteiger partial charge in [0, 0.05) is 24.6 Å². The van der Waals surface area contributed by atoms with Gasteiger partial charge < -0.3 is 10.1 Å². The zero-order valence-corrected chi connectivity index (χ0v) is 13.2. The molecule has 0 spiro atoms. The van der Waals surface area contributed by atoms with Crippen molar-refractivity contribution in [1.82, 2.24) is 10.0 Å². The lowest BCUT2D eigenvalue weighted by atomic mass is 10.3. The minimum Gasteiger partial charge on any atom is -0.383 e. The molecule has 0 fully saturated rings. The highest BCUT2D eigenvalue weighted by Gasteiger charge is 2.20. The molecule has 1 aromatic heterocycles. The Morgan fingerprint density at radius 1 is 1.37 bits per heavy atom. The van der Waals surface area contributed by atoms with E-state index in [1.807, 2.05) is 19.9 Å². The molecule has 0 radical (unpaired) electrons. The highest BCUT2D eigenvalue weighted by atomic mass is 32.2. The summed E-state index contributed by atoms with van der Waals surface area (Å²) in [4.78, 5) is 1.02. The highest BCUT2D eigenvalue weighted by molar-refractivity contribution is 7.91. The molecular weight excluding hydrogens is 284 g/mol. The number of hydrogen-bond donors (Lipinski definition) is 2. The fourth-order valence-corrected chi connectivity index (χ4v) is 4.21. The number of thiophene rings is 1. The van der Waals surface area contributed by atoms with Crippen molar-refractivity contribution in [3.8, 4) is 0 Å². The Morgan fingerprint density at radius 2 is 2.11 bits per heavy atom. The third-order valence-corrected chi connectivity index (χ3v) is 5.73. The van der Waals surface area contributed by atoms with Crippen LogP contribution in [0.3, 0.4) is 0 Å². The second-order valence-electron chi connectivity index (χ2n) is 4.18. The van der Waals surface area contributed by atoms with Gasteiger partial charge in [-0.05, 0) is 25.1 Å². The van der Waals surface area contributed by atoms with Gasteiger partial charge in [0.05, 0.1) is 6.61 Å². The molecule has 1 aromatic rings. The summed E-state index contributed by atoms with van der Waals surface area (Å²) in [7, 11) is -1.87. The molecule has 1 atom stereocenters. The summed E-state index contributed by atoms with van der Waals surface area (Å²) in [6, 6.07) is 3.31. The molecule has 0 bridgehead atoms. The molecule has 1 heterocycles. The topological polar surface area (TPSA) is 67.4 Å². The zero-order valence-electron chi connectivity index (χ0n) is 11.6. The lowest BCUT2D eigenvalue weighted by Gasteiger charge is -2.15. The van der Waals surface area contributed by atoms with Gasteiger partial charge in [0.25, 0.3) is 0 Å². The Hall–Kier alpha value is -0.470. The lowest BCUT2D eigenvalue weighted by Crippen LogP contribution is -2.37. The van der Waals surface area contributed by atoms with Crippen molar-refractivity contribution in [1.29, 1.82) is 0 Å². The fourth-order valence-electron chi connectivity index (χ4n) is 1.56. The second-order valence-corrected chi connectivity index (χ2v) is 7.29. The number of nitrogens with one attached hydrogen (secondary N) is 2. The van der Waals surface area contributed by atoms with E-state index in [2.05, 4.69) is 10.0 Å². The molecule has 1 rings (SSSR count). The van der Waals surface area contributed by atoms with Crippen LogP contribution in [0, 0.1) is 0 Å². The van der Waals surface area contributed by atoms with E-state index in [-0.39, 0.29) is 6.04 Å². The van der Waals surface area contributed by atoms with E-state index in [0.717, 1.165) is 11.4 Å². The predicted molar refractivity (Wildman–Crippen MR) is 78.0 cm³/mol. The minimum absolute atomic E-state index is 0.186. The van der Waals surface area contributed by atoms with E-state index in [4.69, 9.17) is 4.74 Å². The molecule has 0 saturated heterocycles. The van der Waals surface area contributed by atoms with Crippen molar-refractivity contribution in [2.75, 3.05) is 20.3 Å². The highest BCUT2D eigenvalue weighted by Crippen LogP contribution is 2.21. The summed E-state index contributed by atoms with van der Waals surface area (Å²) in [6.07, 6.45) is 0.697. The van der Waals surface area contributed by atoms with E-state index in [1.165, 1.54) is 11.3 Å². The minimum atomic E-state index is -3.44. The molecule has 0 aliphatic rings. The predicted octanol–water partition coefficient (Wildman–Crippen LogP) is 1.56. The number of sulfonamides is 1. The van der Waals surface area contributed by atoms with Crippen LogP contribution in [0.1, 0.15) is 25.1 Å². The first-order valence-electron chi connectivity index (χ1n) is 6.34. The Morgan fingerprint density at radius 3 is 2.68 bits per heavy atom. The Kier molecular flexibility index (Phi) is 6.95. The normalized spacial score (nSPS) is 13.6. The van der Waals surface area contributed by atoms with Gasteiger partial charge in [0.1, 0.15) is 4.21 Å². The zero-order chi connectivity index (χ0) is 14.3. The van der Waals surface area contributed by atoms with E-state index in [1.54, 1.807) is 13.2 Å². The van der Waals surface area contributed by atoms with Gasteiger partial charge in [0.2, 0.25) is 10.0 Å². The summed E-state index contributed by atoms with van der Waals surface area (Å²) in [6.45, 7) is 5.89. The molecule has 0 amide bonds. The van der Waals surface area contributed by atoms with Gasteiger partial charge >= 0.3 is 0 Å².